The number of nitrogens with zero attached hydrogens (tertiary/aromatic N) is 1. The standard InChI is InChI=1S/C13H8Br2FN/c14-10-4-5-13(12(15)7-10)17-8-9-2-1-3-11(16)6-9/h1-8H. The lowest BCUT2D eigenvalue weighted by molar-refractivity contribution is 0.627. The highest BCUT2D eigenvalue weighted by molar-refractivity contribution is 9.11. The molecule has 86 valence electrons. The van der Waals surface area contributed by atoms with E-state index in [1.165, 1.54) is 12.1 Å². The second-order valence-electron chi connectivity index (χ2n) is 3.41. The van der Waals surface area contributed by atoms with E-state index >= 15 is 0 Å². The van der Waals surface area contributed by atoms with Crippen molar-refractivity contribution in [3.63, 3.8) is 0 Å². The lowest BCUT2D eigenvalue weighted by Crippen LogP contribution is -1.82. The van der Waals surface area contributed by atoms with Gasteiger partial charge in [-0.15, -0.1) is 0 Å². The average molecular weight is 357 g/mol. The molecular formula is C13H8Br2FN. The zero-order chi connectivity index (χ0) is 12.3. The summed E-state index contributed by atoms with van der Waals surface area (Å²) in [6.07, 6.45) is 1.64. The Morgan fingerprint density at radius 3 is 2.59 bits per heavy atom. The lowest BCUT2D eigenvalue weighted by atomic mass is 10.2. The smallest absolute Gasteiger partial charge is 0.123 e. The topological polar surface area (TPSA) is 12.4 Å². The fraction of sp³-hybridized carbons (Fsp3) is 0. The van der Waals surface area contributed by atoms with Gasteiger partial charge in [0.05, 0.1) is 5.69 Å². The Balaban J connectivity index is 2.26. The third-order valence-corrected chi connectivity index (χ3v) is 3.24. The Labute approximate surface area is 116 Å². The molecule has 2 aromatic rings. The Hall–Kier alpha value is -1.000. The molecule has 0 aliphatic carbocycles. The summed E-state index contributed by atoms with van der Waals surface area (Å²) < 4.78 is 14.8. The van der Waals surface area contributed by atoms with Gasteiger partial charge in [-0.05, 0) is 51.8 Å². The van der Waals surface area contributed by atoms with Crippen molar-refractivity contribution in [2.75, 3.05) is 0 Å². The van der Waals surface area contributed by atoms with Crippen molar-refractivity contribution in [2.24, 2.45) is 4.99 Å². The van der Waals surface area contributed by atoms with E-state index in [1.807, 2.05) is 18.2 Å². The molecule has 0 unspecified atom stereocenters. The minimum atomic E-state index is -0.260. The molecule has 4 heteroatoms. The summed E-state index contributed by atoms with van der Waals surface area (Å²) in [4.78, 5) is 4.30. The molecule has 0 aliphatic heterocycles. The molecule has 1 nitrogen and oxygen atoms in total. The van der Waals surface area contributed by atoms with Crippen LogP contribution in [0.2, 0.25) is 0 Å². The van der Waals surface area contributed by atoms with Gasteiger partial charge in [0.15, 0.2) is 0 Å². The molecule has 0 atom stereocenters. The molecule has 2 rings (SSSR count). The third kappa shape index (κ3) is 3.48. The van der Waals surface area contributed by atoms with Gasteiger partial charge < -0.3 is 0 Å². The molecule has 0 saturated heterocycles. The Kier molecular flexibility index (Phi) is 4.07. The first-order valence-corrected chi connectivity index (χ1v) is 6.48. The Morgan fingerprint density at radius 2 is 1.88 bits per heavy atom. The van der Waals surface area contributed by atoms with Crippen LogP contribution in [0.15, 0.2) is 56.4 Å². The van der Waals surface area contributed by atoms with Crippen molar-refractivity contribution in [3.8, 4) is 0 Å². The van der Waals surface area contributed by atoms with Crippen LogP contribution in [0.1, 0.15) is 5.56 Å². The van der Waals surface area contributed by atoms with E-state index in [-0.39, 0.29) is 5.82 Å². The summed E-state index contributed by atoms with van der Waals surface area (Å²) >= 11 is 6.79. The van der Waals surface area contributed by atoms with E-state index in [2.05, 4.69) is 36.9 Å². The fourth-order valence-corrected chi connectivity index (χ4v) is 2.47. The first kappa shape index (κ1) is 12.5. The lowest BCUT2D eigenvalue weighted by Gasteiger charge is -1.99. The van der Waals surface area contributed by atoms with E-state index in [9.17, 15) is 4.39 Å². The van der Waals surface area contributed by atoms with E-state index in [0.717, 1.165) is 20.2 Å². The number of benzene rings is 2. The number of halogens is 3. The van der Waals surface area contributed by atoms with Crippen LogP contribution in [-0.4, -0.2) is 6.21 Å². The zero-order valence-electron chi connectivity index (χ0n) is 8.70. The van der Waals surface area contributed by atoms with Gasteiger partial charge in [0.25, 0.3) is 0 Å². The van der Waals surface area contributed by atoms with Crippen molar-refractivity contribution in [1.82, 2.24) is 0 Å². The van der Waals surface area contributed by atoms with Crippen molar-refractivity contribution in [2.45, 2.75) is 0 Å². The number of aliphatic imine (C=N–C) groups is 1. The first-order valence-electron chi connectivity index (χ1n) is 4.90. The summed E-state index contributed by atoms with van der Waals surface area (Å²) in [6.45, 7) is 0. The maximum Gasteiger partial charge on any atom is 0.123 e. The highest BCUT2D eigenvalue weighted by Crippen LogP contribution is 2.28. The molecule has 0 aliphatic rings. The summed E-state index contributed by atoms with van der Waals surface area (Å²) in [6, 6.07) is 12.0. The van der Waals surface area contributed by atoms with Gasteiger partial charge in [0, 0.05) is 15.2 Å². The van der Waals surface area contributed by atoms with Gasteiger partial charge in [-0.25, -0.2) is 4.39 Å². The van der Waals surface area contributed by atoms with Crippen LogP contribution in [0.4, 0.5) is 10.1 Å². The SMILES string of the molecule is Fc1cccc(C=Nc2ccc(Br)cc2Br)c1. The molecule has 0 heterocycles. The molecule has 0 aromatic heterocycles. The van der Waals surface area contributed by atoms with Crippen LogP contribution >= 0.6 is 31.9 Å². The fourth-order valence-electron chi connectivity index (χ4n) is 1.32. The van der Waals surface area contributed by atoms with E-state index in [1.54, 1.807) is 18.3 Å². The summed E-state index contributed by atoms with van der Waals surface area (Å²) in [5, 5.41) is 0. The van der Waals surface area contributed by atoms with E-state index in [4.69, 9.17) is 0 Å². The second kappa shape index (κ2) is 5.56. The summed E-state index contributed by atoms with van der Waals surface area (Å²) in [5.41, 5.74) is 1.54. The Morgan fingerprint density at radius 1 is 1.06 bits per heavy atom. The van der Waals surface area contributed by atoms with Crippen LogP contribution in [0, 0.1) is 5.82 Å². The summed E-state index contributed by atoms with van der Waals surface area (Å²) in [5.74, 6) is -0.260. The minimum Gasteiger partial charge on any atom is -0.255 e. The average Bonchev–Trinajstić information content (AvgIpc) is 2.28. The quantitative estimate of drug-likeness (QED) is 0.663. The Bertz CT molecular complexity index is 567. The molecule has 0 saturated carbocycles. The van der Waals surface area contributed by atoms with Crippen LogP contribution in [-0.2, 0) is 0 Å². The molecule has 0 N–H and O–H groups in total. The van der Waals surface area contributed by atoms with Gasteiger partial charge in [-0.1, -0.05) is 28.1 Å². The monoisotopic (exact) mass is 355 g/mol. The van der Waals surface area contributed by atoms with Crippen molar-refractivity contribution in [3.05, 3.63) is 62.8 Å². The van der Waals surface area contributed by atoms with Gasteiger partial charge in [-0.3, -0.25) is 4.99 Å². The van der Waals surface area contributed by atoms with Crippen molar-refractivity contribution in [1.29, 1.82) is 0 Å². The number of rotatable bonds is 2. The van der Waals surface area contributed by atoms with Crippen molar-refractivity contribution >= 4 is 43.8 Å². The second-order valence-corrected chi connectivity index (χ2v) is 5.18. The maximum absolute atomic E-state index is 12.9. The molecule has 0 fully saturated rings. The number of hydrogen-bond donors (Lipinski definition) is 0. The van der Waals surface area contributed by atoms with E-state index < -0.39 is 0 Å². The third-order valence-electron chi connectivity index (χ3n) is 2.11. The predicted octanol–water partition coefficient (Wildman–Crippen LogP) is 5.10. The molecule has 2 aromatic carbocycles. The maximum atomic E-state index is 12.9. The van der Waals surface area contributed by atoms with Crippen LogP contribution < -0.4 is 0 Å². The van der Waals surface area contributed by atoms with Gasteiger partial charge in [0.1, 0.15) is 5.82 Å². The van der Waals surface area contributed by atoms with E-state index in [0.29, 0.717) is 0 Å². The molecular weight excluding hydrogens is 349 g/mol. The molecule has 0 amide bonds. The van der Waals surface area contributed by atoms with Crippen LogP contribution in [0.3, 0.4) is 0 Å². The van der Waals surface area contributed by atoms with Gasteiger partial charge >= 0.3 is 0 Å². The zero-order valence-corrected chi connectivity index (χ0v) is 11.9. The first-order chi connectivity index (χ1) is 8.15. The largest absolute Gasteiger partial charge is 0.255 e. The highest BCUT2D eigenvalue weighted by Gasteiger charge is 1.98. The summed E-state index contributed by atoms with van der Waals surface area (Å²) in [7, 11) is 0. The predicted molar refractivity (Wildman–Crippen MR) is 75.5 cm³/mol. The molecule has 0 spiro atoms. The minimum absolute atomic E-state index is 0.260. The molecule has 0 bridgehead atoms. The van der Waals surface area contributed by atoms with Gasteiger partial charge in [0.2, 0.25) is 0 Å². The van der Waals surface area contributed by atoms with Crippen LogP contribution in [0.25, 0.3) is 0 Å². The molecule has 17 heavy (non-hydrogen) atoms. The highest BCUT2D eigenvalue weighted by atomic mass is 79.9. The normalized spacial score (nSPS) is 11.0. The van der Waals surface area contributed by atoms with Crippen LogP contribution in [0.5, 0.6) is 0 Å². The molecule has 0 radical (unpaired) electrons. The number of hydrogen-bond acceptors (Lipinski definition) is 1. The van der Waals surface area contributed by atoms with Crippen molar-refractivity contribution < 1.29 is 4.39 Å². The van der Waals surface area contributed by atoms with Gasteiger partial charge in [-0.2, -0.15) is 0 Å².